The number of amides is 1. The maximum atomic E-state index is 12.0. The van der Waals surface area contributed by atoms with Crippen LogP contribution < -0.4 is 10.6 Å². The molecule has 2 atom stereocenters. The molecule has 2 fully saturated rings. The van der Waals surface area contributed by atoms with Crippen molar-refractivity contribution in [3.05, 3.63) is 18.7 Å². The van der Waals surface area contributed by atoms with Gasteiger partial charge in [-0.3, -0.25) is 4.79 Å². The number of carbonyl (C=O) groups excluding carboxylic acids is 1. The Hall–Kier alpha value is -1.36. The lowest BCUT2D eigenvalue weighted by Gasteiger charge is -2.28. The lowest BCUT2D eigenvalue weighted by Crippen LogP contribution is -2.46. The lowest BCUT2D eigenvalue weighted by atomic mass is 9.98. The third-order valence-corrected chi connectivity index (χ3v) is 4.07. The smallest absolute Gasteiger partial charge is 0.220 e. The van der Waals surface area contributed by atoms with Gasteiger partial charge in [0.1, 0.15) is 0 Å². The summed E-state index contributed by atoms with van der Waals surface area (Å²) in [6, 6.07) is 0.663. The third-order valence-electron chi connectivity index (χ3n) is 4.07. The van der Waals surface area contributed by atoms with Crippen molar-refractivity contribution in [2.75, 3.05) is 13.1 Å². The van der Waals surface area contributed by atoms with Crippen LogP contribution in [0.1, 0.15) is 31.7 Å². The number of nitrogens with zero attached hydrogens (tertiary/aromatic N) is 2. The molecule has 2 aliphatic rings. The molecule has 1 aromatic rings. The third kappa shape index (κ3) is 2.41. The van der Waals surface area contributed by atoms with Crippen LogP contribution in [0.4, 0.5) is 0 Å². The second-order valence-electron chi connectivity index (χ2n) is 5.41. The minimum absolute atomic E-state index is 0.207. The molecule has 1 aromatic heterocycles. The summed E-state index contributed by atoms with van der Waals surface area (Å²) in [5, 5.41) is 6.40. The molecule has 1 aliphatic heterocycles. The number of hydrogen-bond acceptors (Lipinski definition) is 3. The minimum atomic E-state index is 0.207. The molecule has 98 valence electrons. The molecule has 2 unspecified atom stereocenters. The van der Waals surface area contributed by atoms with Crippen LogP contribution >= 0.6 is 0 Å². The Labute approximate surface area is 107 Å². The average molecular weight is 248 g/mol. The first-order valence-electron chi connectivity index (χ1n) is 6.80. The van der Waals surface area contributed by atoms with Crippen molar-refractivity contribution >= 4 is 5.91 Å². The van der Waals surface area contributed by atoms with E-state index < -0.39 is 0 Å². The standard InChI is InChI=1S/C13H20N4O/c18-13(6-10-7-15-8-10)16-11-2-1-3-12(11)17-5-4-14-9-17/h4-5,9-12,15H,1-3,6-8H2,(H,16,18). The normalized spacial score (nSPS) is 28.0. The van der Waals surface area contributed by atoms with Crippen molar-refractivity contribution in [3.8, 4) is 0 Å². The zero-order valence-corrected chi connectivity index (χ0v) is 10.5. The van der Waals surface area contributed by atoms with Crippen LogP contribution in [0.5, 0.6) is 0 Å². The lowest BCUT2D eigenvalue weighted by molar-refractivity contribution is -0.123. The zero-order valence-electron chi connectivity index (χ0n) is 10.5. The molecule has 2 N–H and O–H groups in total. The van der Waals surface area contributed by atoms with E-state index in [1.54, 1.807) is 6.20 Å². The Kier molecular flexibility index (Phi) is 3.32. The molecule has 0 bridgehead atoms. The highest BCUT2D eigenvalue weighted by atomic mass is 16.1. The monoisotopic (exact) mass is 248 g/mol. The van der Waals surface area contributed by atoms with Crippen LogP contribution in [-0.4, -0.2) is 34.6 Å². The van der Waals surface area contributed by atoms with Gasteiger partial charge in [-0.15, -0.1) is 0 Å². The molecular formula is C13H20N4O. The molecule has 2 heterocycles. The van der Waals surface area contributed by atoms with Crippen molar-refractivity contribution in [1.82, 2.24) is 20.2 Å². The Morgan fingerprint density at radius 3 is 3.00 bits per heavy atom. The Morgan fingerprint density at radius 2 is 2.33 bits per heavy atom. The maximum absolute atomic E-state index is 12.0. The second-order valence-corrected chi connectivity index (χ2v) is 5.41. The van der Waals surface area contributed by atoms with E-state index in [0.29, 0.717) is 18.4 Å². The van der Waals surface area contributed by atoms with Gasteiger partial charge in [-0.2, -0.15) is 0 Å². The Bertz CT molecular complexity index is 399. The molecule has 1 amide bonds. The maximum Gasteiger partial charge on any atom is 0.220 e. The van der Waals surface area contributed by atoms with Gasteiger partial charge in [-0.25, -0.2) is 4.98 Å². The van der Waals surface area contributed by atoms with Crippen LogP contribution in [0, 0.1) is 5.92 Å². The van der Waals surface area contributed by atoms with Crippen LogP contribution in [0.3, 0.4) is 0 Å². The van der Waals surface area contributed by atoms with Crippen LogP contribution in [0.2, 0.25) is 0 Å². The van der Waals surface area contributed by atoms with Gasteiger partial charge in [0.15, 0.2) is 0 Å². The summed E-state index contributed by atoms with van der Waals surface area (Å²) in [7, 11) is 0. The molecular weight excluding hydrogens is 228 g/mol. The SMILES string of the molecule is O=C(CC1CNC1)NC1CCCC1n1ccnc1. The quantitative estimate of drug-likeness (QED) is 0.824. The summed E-state index contributed by atoms with van der Waals surface area (Å²) in [5.74, 6) is 0.747. The van der Waals surface area contributed by atoms with Crippen molar-refractivity contribution < 1.29 is 4.79 Å². The van der Waals surface area contributed by atoms with Crippen LogP contribution in [0.15, 0.2) is 18.7 Å². The molecule has 3 rings (SSSR count). The Morgan fingerprint density at radius 1 is 1.44 bits per heavy atom. The van der Waals surface area contributed by atoms with Crippen molar-refractivity contribution in [2.24, 2.45) is 5.92 Å². The molecule has 0 spiro atoms. The highest BCUT2D eigenvalue weighted by Gasteiger charge is 2.30. The van der Waals surface area contributed by atoms with Crippen molar-refractivity contribution in [3.63, 3.8) is 0 Å². The van der Waals surface area contributed by atoms with E-state index in [2.05, 4.69) is 20.2 Å². The predicted molar refractivity (Wildman–Crippen MR) is 68.0 cm³/mol. The first-order valence-corrected chi connectivity index (χ1v) is 6.80. The number of rotatable bonds is 4. The van der Waals surface area contributed by atoms with E-state index in [0.717, 1.165) is 25.9 Å². The number of carbonyl (C=O) groups is 1. The summed E-state index contributed by atoms with van der Waals surface area (Å²) < 4.78 is 2.13. The van der Waals surface area contributed by atoms with Crippen LogP contribution in [-0.2, 0) is 4.79 Å². The van der Waals surface area contributed by atoms with Gasteiger partial charge in [0.2, 0.25) is 5.91 Å². The largest absolute Gasteiger partial charge is 0.351 e. The topological polar surface area (TPSA) is 59.0 Å². The molecule has 1 aliphatic carbocycles. The molecule has 1 saturated carbocycles. The fourth-order valence-corrected chi connectivity index (χ4v) is 2.95. The summed E-state index contributed by atoms with van der Waals surface area (Å²) in [6.45, 7) is 1.98. The van der Waals surface area contributed by atoms with Gasteiger partial charge in [0, 0.05) is 24.9 Å². The number of imidazole rings is 1. The van der Waals surface area contributed by atoms with Gasteiger partial charge >= 0.3 is 0 Å². The van der Waals surface area contributed by atoms with E-state index in [4.69, 9.17) is 0 Å². The minimum Gasteiger partial charge on any atom is -0.351 e. The average Bonchev–Trinajstić information content (AvgIpc) is 2.92. The summed E-state index contributed by atoms with van der Waals surface area (Å²) >= 11 is 0. The first kappa shape index (κ1) is 11.7. The summed E-state index contributed by atoms with van der Waals surface area (Å²) in [4.78, 5) is 16.0. The zero-order chi connectivity index (χ0) is 12.4. The fraction of sp³-hybridized carbons (Fsp3) is 0.692. The summed E-state index contributed by atoms with van der Waals surface area (Å²) in [5.41, 5.74) is 0. The molecule has 5 nitrogen and oxygen atoms in total. The van der Waals surface area contributed by atoms with E-state index >= 15 is 0 Å². The van der Waals surface area contributed by atoms with Gasteiger partial charge in [-0.1, -0.05) is 0 Å². The van der Waals surface area contributed by atoms with Crippen LogP contribution in [0.25, 0.3) is 0 Å². The number of aromatic nitrogens is 2. The molecule has 1 saturated heterocycles. The van der Waals surface area contributed by atoms with E-state index in [-0.39, 0.29) is 11.9 Å². The van der Waals surface area contributed by atoms with Gasteiger partial charge in [0.25, 0.3) is 0 Å². The highest BCUT2D eigenvalue weighted by Crippen LogP contribution is 2.30. The highest BCUT2D eigenvalue weighted by molar-refractivity contribution is 5.76. The van der Waals surface area contributed by atoms with Gasteiger partial charge in [0.05, 0.1) is 12.4 Å². The molecule has 0 radical (unpaired) electrons. The predicted octanol–water partition coefficient (Wildman–Crippen LogP) is 0.702. The number of hydrogen-bond donors (Lipinski definition) is 2. The van der Waals surface area contributed by atoms with Gasteiger partial charge in [-0.05, 0) is 38.3 Å². The van der Waals surface area contributed by atoms with Crippen molar-refractivity contribution in [2.45, 2.75) is 37.8 Å². The molecule has 0 aromatic carbocycles. The number of nitrogens with one attached hydrogen (secondary N) is 2. The first-order chi connectivity index (χ1) is 8.83. The van der Waals surface area contributed by atoms with E-state index in [1.165, 1.54) is 6.42 Å². The molecule has 18 heavy (non-hydrogen) atoms. The summed E-state index contributed by atoms with van der Waals surface area (Å²) in [6.07, 6.45) is 9.70. The van der Waals surface area contributed by atoms with E-state index in [1.807, 2.05) is 12.5 Å². The fourth-order valence-electron chi connectivity index (χ4n) is 2.95. The Balaban J connectivity index is 1.56. The molecule has 5 heteroatoms. The van der Waals surface area contributed by atoms with E-state index in [9.17, 15) is 4.79 Å². The van der Waals surface area contributed by atoms with Gasteiger partial charge < -0.3 is 15.2 Å². The second kappa shape index (κ2) is 5.10. The van der Waals surface area contributed by atoms with Crippen molar-refractivity contribution in [1.29, 1.82) is 0 Å².